The Hall–Kier alpha value is -0.600. The molecule has 1 amide bonds. The van der Waals surface area contributed by atoms with Crippen LogP contribution in [0.15, 0.2) is 22.8 Å². The highest BCUT2D eigenvalue weighted by atomic mass is 79.9. The summed E-state index contributed by atoms with van der Waals surface area (Å²) < 4.78 is 6.05. The molecule has 126 valence electrons. The molecular weight excluding hydrogens is 395 g/mol. The zero-order chi connectivity index (χ0) is 14.5. The van der Waals surface area contributed by atoms with E-state index in [0.717, 1.165) is 23.4 Å². The molecular formula is C13H21BrCl2N4O2. The summed E-state index contributed by atoms with van der Waals surface area (Å²) in [5.74, 6) is 0.904. The van der Waals surface area contributed by atoms with Crippen LogP contribution in [0.1, 0.15) is 0 Å². The zero-order valence-corrected chi connectivity index (χ0v) is 15.5. The number of ether oxygens (including phenoxy) is 1. The molecule has 1 fully saturated rings. The number of hydrogen-bond donors (Lipinski definition) is 1. The zero-order valence-electron chi connectivity index (χ0n) is 12.3. The van der Waals surface area contributed by atoms with Crippen molar-refractivity contribution in [2.75, 3.05) is 44.7 Å². The number of carbonyl (C=O) groups excluding carboxylic acids is 1. The van der Waals surface area contributed by atoms with E-state index < -0.39 is 6.10 Å². The molecule has 0 saturated carbocycles. The van der Waals surface area contributed by atoms with E-state index in [4.69, 9.17) is 10.5 Å². The van der Waals surface area contributed by atoms with Crippen molar-refractivity contribution in [3.8, 4) is 0 Å². The molecule has 2 N–H and O–H groups in total. The van der Waals surface area contributed by atoms with Crippen LogP contribution in [0.3, 0.4) is 0 Å². The molecule has 9 heteroatoms. The third-order valence-corrected chi connectivity index (χ3v) is 3.87. The number of piperazine rings is 1. The number of halogens is 3. The molecule has 0 aromatic carbocycles. The number of hydrogen-bond acceptors (Lipinski definition) is 5. The predicted molar refractivity (Wildman–Crippen MR) is 95.1 cm³/mol. The summed E-state index contributed by atoms with van der Waals surface area (Å²) in [5, 5.41) is 0. The maximum atomic E-state index is 12.1. The number of anilines is 1. The smallest absolute Gasteiger partial charge is 0.253 e. The van der Waals surface area contributed by atoms with Crippen molar-refractivity contribution in [2.45, 2.75) is 6.10 Å². The van der Waals surface area contributed by atoms with Gasteiger partial charge >= 0.3 is 0 Å². The number of methoxy groups -OCH3 is 1. The van der Waals surface area contributed by atoms with Crippen LogP contribution in [0.25, 0.3) is 0 Å². The molecule has 1 aromatic heterocycles. The van der Waals surface area contributed by atoms with Gasteiger partial charge in [0, 0.05) is 50.5 Å². The lowest BCUT2D eigenvalue weighted by Crippen LogP contribution is -2.53. The number of nitrogens with zero attached hydrogens (tertiary/aromatic N) is 3. The maximum Gasteiger partial charge on any atom is 0.253 e. The molecule has 0 bridgehead atoms. The van der Waals surface area contributed by atoms with Crippen LogP contribution in [-0.4, -0.2) is 61.7 Å². The second-order valence-electron chi connectivity index (χ2n) is 4.61. The van der Waals surface area contributed by atoms with Crippen molar-refractivity contribution < 1.29 is 9.53 Å². The monoisotopic (exact) mass is 414 g/mol. The molecule has 0 spiro atoms. The highest BCUT2D eigenvalue weighted by Gasteiger charge is 2.26. The van der Waals surface area contributed by atoms with E-state index in [1.165, 1.54) is 7.11 Å². The van der Waals surface area contributed by atoms with Gasteiger partial charge in [0.2, 0.25) is 0 Å². The van der Waals surface area contributed by atoms with Gasteiger partial charge in [-0.15, -0.1) is 24.8 Å². The Bertz CT molecular complexity index is 452. The van der Waals surface area contributed by atoms with E-state index in [0.29, 0.717) is 13.1 Å². The van der Waals surface area contributed by atoms with Crippen molar-refractivity contribution in [1.82, 2.24) is 9.88 Å². The van der Waals surface area contributed by atoms with Gasteiger partial charge in [0.05, 0.1) is 0 Å². The van der Waals surface area contributed by atoms with E-state index in [2.05, 4.69) is 25.8 Å². The molecule has 1 atom stereocenters. The molecule has 2 rings (SSSR count). The van der Waals surface area contributed by atoms with Crippen molar-refractivity contribution in [3.05, 3.63) is 22.8 Å². The molecule has 6 nitrogen and oxygen atoms in total. The Morgan fingerprint density at radius 1 is 1.36 bits per heavy atom. The second-order valence-corrected chi connectivity index (χ2v) is 5.52. The summed E-state index contributed by atoms with van der Waals surface area (Å²) in [5.41, 5.74) is 5.53. The first-order valence-corrected chi connectivity index (χ1v) is 7.33. The number of aromatic nitrogens is 1. The first-order valence-electron chi connectivity index (χ1n) is 6.54. The van der Waals surface area contributed by atoms with E-state index in [9.17, 15) is 4.79 Å². The summed E-state index contributed by atoms with van der Waals surface area (Å²) in [7, 11) is 1.51. The fraction of sp³-hybridized carbons (Fsp3) is 0.538. The molecule has 1 unspecified atom stereocenters. The first-order chi connectivity index (χ1) is 9.65. The number of pyridine rings is 1. The van der Waals surface area contributed by atoms with Crippen LogP contribution in [0, 0.1) is 0 Å². The maximum absolute atomic E-state index is 12.1. The number of amides is 1. The van der Waals surface area contributed by atoms with Crippen LogP contribution < -0.4 is 10.6 Å². The third kappa shape index (κ3) is 5.24. The Morgan fingerprint density at radius 3 is 2.45 bits per heavy atom. The standard InChI is InChI=1S/C13H19BrN4O2.2ClH/c1-20-11(8-15)13(19)18-6-4-17(5-7-18)12-3-2-10(14)9-16-12;;/h2-3,9,11H,4-8,15H2,1H3;2*1H. The van der Waals surface area contributed by atoms with Crippen LogP contribution in [0.4, 0.5) is 5.82 Å². The average Bonchev–Trinajstić information content (AvgIpc) is 2.49. The van der Waals surface area contributed by atoms with Crippen molar-refractivity contribution in [2.24, 2.45) is 5.73 Å². The average molecular weight is 416 g/mol. The van der Waals surface area contributed by atoms with Gasteiger partial charge in [-0.05, 0) is 28.1 Å². The van der Waals surface area contributed by atoms with E-state index in [1.54, 1.807) is 11.1 Å². The second kappa shape index (κ2) is 10.2. The van der Waals surface area contributed by atoms with Crippen LogP contribution in [0.5, 0.6) is 0 Å². The molecule has 1 aliphatic heterocycles. The molecule has 1 aliphatic rings. The van der Waals surface area contributed by atoms with Gasteiger partial charge in [-0.1, -0.05) is 0 Å². The van der Waals surface area contributed by atoms with Gasteiger partial charge in [-0.2, -0.15) is 0 Å². The summed E-state index contributed by atoms with van der Waals surface area (Å²) in [4.78, 5) is 20.5. The van der Waals surface area contributed by atoms with Gasteiger partial charge in [0.15, 0.2) is 0 Å². The molecule has 1 aromatic rings. The fourth-order valence-electron chi connectivity index (χ4n) is 2.21. The molecule has 1 saturated heterocycles. The lowest BCUT2D eigenvalue weighted by atomic mass is 10.2. The minimum absolute atomic E-state index is 0. The first kappa shape index (κ1) is 21.4. The quantitative estimate of drug-likeness (QED) is 0.802. The molecule has 22 heavy (non-hydrogen) atoms. The number of nitrogens with two attached hydrogens (primary N) is 1. The summed E-state index contributed by atoms with van der Waals surface area (Å²) >= 11 is 3.37. The molecule has 2 heterocycles. The summed E-state index contributed by atoms with van der Waals surface area (Å²) in [6, 6.07) is 3.94. The largest absolute Gasteiger partial charge is 0.370 e. The highest BCUT2D eigenvalue weighted by Crippen LogP contribution is 2.16. The Morgan fingerprint density at radius 2 is 2.00 bits per heavy atom. The van der Waals surface area contributed by atoms with Crippen LogP contribution >= 0.6 is 40.7 Å². The lowest BCUT2D eigenvalue weighted by Gasteiger charge is -2.36. The van der Waals surface area contributed by atoms with Gasteiger partial charge in [-0.3, -0.25) is 4.79 Å². The van der Waals surface area contributed by atoms with Crippen molar-refractivity contribution in [1.29, 1.82) is 0 Å². The third-order valence-electron chi connectivity index (χ3n) is 3.40. The SMILES string of the molecule is COC(CN)C(=O)N1CCN(c2ccc(Br)cn2)CC1.Cl.Cl. The summed E-state index contributed by atoms with van der Waals surface area (Å²) in [6.07, 6.45) is 1.25. The lowest BCUT2D eigenvalue weighted by molar-refractivity contribution is -0.141. The minimum atomic E-state index is -0.535. The number of rotatable bonds is 4. The van der Waals surface area contributed by atoms with E-state index in [1.807, 2.05) is 12.1 Å². The summed E-state index contributed by atoms with van der Waals surface area (Å²) in [6.45, 7) is 3.07. The Balaban J connectivity index is 0.00000220. The van der Waals surface area contributed by atoms with Crippen molar-refractivity contribution >= 4 is 52.5 Å². The fourth-order valence-corrected chi connectivity index (χ4v) is 2.45. The Kier molecular flexibility index (Phi) is 9.95. The minimum Gasteiger partial charge on any atom is -0.370 e. The molecule has 0 aliphatic carbocycles. The highest BCUT2D eigenvalue weighted by molar-refractivity contribution is 9.10. The molecule has 0 radical (unpaired) electrons. The van der Waals surface area contributed by atoms with Gasteiger partial charge in [0.25, 0.3) is 5.91 Å². The van der Waals surface area contributed by atoms with Crippen molar-refractivity contribution in [3.63, 3.8) is 0 Å². The van der Waals surface area contributed by atoms with E-state index >= 15 is 0 Å². The van der Waals surface area contributed by atoms with Crippen LogP contribution in [-0.2, 0) is 9.53 Å². The normalized spacial score (nSPS) is 15.6. The van der Waals surface area contributed by atoms with Crippen LogP contribution in [0.2, 0.25) is 0 Å². The van der Waals surface area contributed by atoms with Gasteiger partial charge in [0.1, 0.15) is 11.9 Å². The predicted octanol–water partition coefficient (Wildman–Crippen LogP) is 1.31. The van der Waals surface area contributed by atoms with Gasteiger partial charge in [-0.25, -0.2) is 4.98 Å². The topological polar surface area (TPSA) is 71.7 Å². The number of carbonyl (C=O) groups is 1. The van der Waals surface area contributed by atoms with E-state index in [-0.39, 0.29) is 37.3 Å². The Labute approximate surface area is 151 Å². The van der Waals surface area contributed by atoms with Gasteiger partial charge < -0.3 is 20.3 Å².